The van der Waals surface area contributed by atoms with Crippen LogP contribution in [0, 0.1) is 12.8 Å². The van der Waals surface area contributed by atoms with Crippen molar-refractivity contribution in [2.45, 2.75) is 71.3 Å². The first-order valence-corrected chi connectivity index (χ1v) is 9.32. The standard InChI is InChI=1S/C17H30BrN3/c1-4-10-19-15(11-14-8-6-5-7-9-14)12-16-17(18)13(2)20-21(16)3/h14-15,19H,4-12H2,1-3H3. The zero-order valence-corrected chi connectivity index (χ0v) is 15.4. The molecular formula is C17H30BrN3. The predicted octanol–water partition coefficient (Wildman–Crippen LogP) is 4.37. The lowest BCUT2D eigenvalue weighted by atomic mass is 9.84. The Kier molecular flexibility index (Phi) is 6.74. The summed E-state index contributed by atoms with van der Waals surface area (Å²) in [6, 6.07) is 0.583. The molecular weight excluding hydrogens is 326 g/mol. The molecule has 0 amide bonds. The van der Waals surface area contributed by atoms with Gasteiger partial charge in [-0.3, -0.25) is 4.68 Å². The van der Waals surface area contributed by atoms with Gasteiger partial charge in [-0.15, -0.1) is 0 Å². The molecule has 1 heterocycles. The van der Waals surface area contributed by atoms with Crippen LogP contribution < -0.4 is 5.32 Å². The minimum atomic E-state index is 0.583. The summed E-state index contributed by atoms with van der Waals surface area (Å²) in [6.45, 7) is 5.43. The molecule has 1 unspecified atom stereocenters. The number of rotatable bonds is 7. The second-order valence-corrected chi connectivity index (χ2v) is 7.36. The van der Waals surface area contributed by atoms with E-state index in [1.807, 2.05) is 4.68 Å². The molecule has 1 N–H and O–H groups in total. The molecule has 1 saturated carbocycles. The Balaban J connectivity index is 2.00. The van der Waals surface area contributed by atoms with E-state index in [2.05, 4.69) is 47.2 Å². The van der Waals surface area contributed by atoms with Gasteiger partial charge in [0.1, 0.15) is 0 Å². The largest absolute Gasteiger partial charge is 0.314 e. The summed E-state index contributed by atoms with van der Waals surface area (Å²) >= 11 is 3.71. The van der Waals surface area contributed by atoms with Crippen LogP contribution >= 0.6 is 15.9 Å². The molecule has 1 aliphatic carbocycles. The molecule has 0 radical (unpaired) electrons. The fourth-order valence-corrected chi connectivity index (χ4v) is 4.05. The zero-order chi connectivity index (χ0) is 15.2. The Labute approximate surface area is 138 Å². The van der Waals surface area contributed by atoms with Gasteiger partial charge in [0.2, 0.25) is 0 Å². The van der Waals surface area contributed by atoms with Gasteiger partial charge in [-0.25, -0.2) is 0 Å². The maximum atomic E-state index is 4.53. The van der Waals surface area contributed by atoms with Crippen LogP contribution in [-0.2, 0) is 13.5 Å². The number of aryl methyl sites for hydroxylation is 2. The van der Waals surface area contributed by atoms with E-state index in [0.29, 0.717) is 6.04 Å². The van der Waals surface area contributed by atoms with Crippen LogP contribution in [-0.4, -0.2) is 22.4 Å². The van der Waals surface area contributed by atoms with Gasteiger partial charge >= 0.3 is 0 Å². The fraction of sp³-hybridized carbons (Fsp3) is 0.824. The lowest BCUT2D eigenvalue weighted by Gasteiger charge is -2.27. The van der Waals surface area contributed by atoms with Gasteiger partial charge in [-0.2, -0.15) is 5.10 Å². The maximum absolute atomic E-state index is 4.53. The van der Waals surface area contributed by atoms with E-state index >= 15 is 0 Å². The van der Waals surface area contributed by atoms with Gasteiger partial charge in [0, 0.05) is 19.5 Å². The lowest BCUT2D eigenvalue weighted by molar-refractivity contribution is 0.295. The van der Waals surface area contributed by atoms with E-state index in [1.165, 1.54) is 55.1 Å². The summed E-state index contributed by atoms with van der Waals surface area (Å²) in [5.41, 5.74) is 2.43. The first-order chi connectivity index (χ1) is 10.1. The summed E-state index contributed by atoms with van der Waals surface area (Å²) in [5.74, 6) is 0.918. The Morgan fingerprint density at radius 2 is 2.05 bits per heavy atom. The summed E-state index contributed by atoms with van der Waals surface area (Å²) in [4.78, 5) is 0. The number of nitrogens with one attached hydrogen (secondary N) is 1. The molecule has 1 fully saturated rings. The van der Waals surface area contributed by atoms with Crippen molar-refractivity contribution in [2.75, 3.05) is 6.54 Å². The molecule has 3 nitrogen and oxygen atoms in total. The number of aromatic nitrogens is 2. The van der Waals surface area contributed by atoms with Crippen LogP contribution in [0.2, 0.25) is 0 Å². The highest BCUT2D eigenvalue weighted by atomic mass is 79.9. The highest BCUT2D eigenvalue weighted by molar-refractivity contribution is 9.10. The Hall–Kier alpha value is -0.350. The smallest absolute Gasteiger partial charge is 0.0738 e. The third kappa shape index (κ3) is 4.82. The minimum absolute atomic E-state index is 0.583. The third-order valence-corrected chi connectivity index (χ3v) is 5.76. The van der Waals surface area contributed by atoms with Crippen molar-refractivity contribution < 1.29 is 0 Å². The Morgan fingerprint density at radius 1 is 1.33 bits per heavy atom. The molecule has 21 heavy (non-hydrogen) atoms. The van der Waals surface area contributed by atoms with E-state index in [-0.39, 0.29) is 0 Å². The summed E-state index contributed by atoms with van der Waals surface area (Å²) < 4.78 is 3.23. The number of halogens is 1. The molecule has 1 aromatic heterocycles. The summed E-state index contributed by atoms with van der Waals surface area (Å²) in [6.07, 6.45) is 10.7. The van der Waals surface area contributed by atoms with Crippen LogP contribution in [0.4, 0.5) is 0 Å². The van der Waals surface area contributed by atoms with Crippen LogP contribution in [0.3, 0.4) is 0 Å². The normalized spacial score (nSPS) is 18.1. The zero-order valence-electron chi connectivity index (χ0n) is 13.8. The van der Waals surface area contributed by atoms with E-state index < -0.39 is 0 Å². The Morgan fingerprint density at radius 3 is 2.62 bits per heavy atom. The van der Waals surface area contributed by atoms with Crippen molar-refractivity contribution in [3.63, 3.8) is 0 Å². The van der Waals surface area contributed by atoms with Crippen molar-refractivity contribution >= 4 is 15.9 Å². The molecule has 1 aliphatic rings. The monoisotopic (exact) mass is 355 g/mol. The molecule has 120 valence electrons. The van der Waals surface area contributed by atoms with Crippen LogP contribution in [0.1, 0.15) is 63.3 Å². The van der Waals surface area contributed by atoms with Crippen molar-refractivity contribution in [1.82, 2.24) is 15.1 Å². The molecule has 0 saturated heterocycles. The highest BCUT2D eigenvalue weighted by Crippen LogP contribution is 2.29. The molecule has 1 aromatic rings. The predicted molar refractivity (Wildman–Crippen MR) is 92.6 cm³/mol. The van der Waals surface area contributed by atoms with Crippen molar-refractivity contribution in [1.29, 1.82) is 0 Å². The van der Waals surface area contributed by atoms with Crippen molar-refractivity contribution in [3.05, 3.63) is 15.9 Å². The highest BCUT2D eigenvalue weighted by Gasteiger charge is 2.21. The first-order valence-electron chi connectivity index (χ1n) is 8.53. The topological polar surface area (TPSA) is 29.9 Å². The van der Waals surface area contributed by atoms with E-state index in [0.717, 1.165) is 24.6 Å². The SMILES string of the molecule is CCCNC(Cc1c(Br)c(C)nn1C)CC1CCCCC1. The van der Waals surface area contributed by atoms with Gasteiger partial charge in [0.15, 0.2) is 0 Å². The van der Waals surface area contributed by atoms with E-state index in [9.17, 15) is 0 Å². The second-order valence-electron chi connectivity index (χ2n) is 6.56. The molecule has 4 heteroatoms. The molecule has 0 aromatic carbocycles. The van der Waals surface area contributed by atoms with Gasteiger partial charge < -0.3 is 5.32 Å². The van der Waals surface area contributed by atoms with Gasteiger partial charge in [0.05, 0.1) is 15.9 Å². The molecule has 0 aliphatic heterocycles. The van der Waals surface area contributed by atoms with Crippen LogP contribution in [0.15, 0.2) is 4.47 Å². The molecule has 0 bridgehead atoms. The molecule has 2 rings (SSSR count). The average molecular weight is 356 g/mol. The second kappa shape index (κ2) is 8.33. The average Bonchev–Trinajstić information content (AvgIpc) is 2.72. The summed E-state index contributed by atoms with van der Waals surface area (Å²) in [7, 11) is 2.06. The molecule has 0 spiro atoms. The van der Waals surface area contributed by atoms with Gasteiger partial charge in [-0.1, -0.05) is 39.0 Å². The third-order valence-electron chi connectivity index (χ3n) is 4.73. The number of nitrogens with zero attached hydrogens (tertiary/aromatic N) is 2. The first kappa shape index (κ1) is 17.0. The maximum Gasteiger partial charge on any atom is 0.0738 e. The van der Waals surface area contributed by atoms with Crippen LogP contribution in [0.5, 0.6) is 0 Å². The van der Waals surface area contributed by atoms with Crippen LogP contribution in [0.25, 0.3) is 0 Å². The quantitative estimate of drug-likeness (QED) is 0.786. The number of hydrogen-bond donors (Lipinski definition) is 1. The lowest BCUT2D eigenvalue weighted by Crippen LogP contribution is -2.35. The fourth-order valence-electron chi connectivity index (χ4n) is 3.55. The summed E-state index contributed by atoms with van der Waals surface area (Å²) in [5, 5.41) is 8.30. The van der Waals surface area contributed by atoms with Crippen molar-refractivity contribution in [3.8, 4) is 0 Å². The van der Waals surface area contributed by atoms with E-state index in [1.54, 1.807) is 0 Å². The number of hydrogen-bond acceptors (Lipinski definition) is 2. The molecule has 1 atom stereocenters. The van der Waals surface area contributed by atoms with E-state index in [4.69, 9.17) is 0 Å². The van der Waals surface area contributed by atoms with Gasteiger partial charge in [-0.05, 0) is 48.2 Å². The minimum Gasteiger partial charge on any atom is -0.314 e. The van der Waals surface area contributed by atoms with Gasteiger partial charge in [0.25, 0.3) is 0 Å². The Bertz CT molecular complexity index is 435. The van der Waals surface area contributed by atoms with Crippen molar-refractivity contribution in [2.24, 2.45) is 13.0 Å².